The van der Waals surface area contributed by atoms with Crippen molar-refractivity contribution in [2.75, 3.05) is 0 Å². The first-order valence-corrected chi connectivity index (χ1v) is 8.55. The van der Waals surface area contributed by atoms with Crippen molar-refractivity contribution < 1.29 is 4.52 Å². The molecule has 130 valence electrons. The largest absolute Gasteiger partial charge is 0.339 e. The monoisotopic (exact) mass is 347 g/mol. The minimum atomic E-state index is 0.455. The lowest BCUT2D eigenvalue weighted by Gasteiger charge is -2.06. The third-order valence-corrected chi connectivity index (χ3v) is 4.49. The molecule has 1 fully saturated rings. The Morgan fingerprint density at radius 1 is 1.04 bits per heavy atom. The lowest BCUT2D eigenvalue weighted by molar-refractivity contribution is 0.380. The minimum absolute atomic E-state index is 0.455. The topological polar surface area (TPSA) is 87.5 Å². The zero-order valence-corrected chi connectivity index (χ0v) is 14.5. The summed E-state index contributed by atoms with van der Waals surface area (Å²) in [5, 5.41) is 12.8. The maximum absolute atomic E-state index is 5.35. The van der Waals surface area contributed by atoms with Crippen LogP contribution in [0.25, 0.3) is 28.6 Å². The molecule has 0 atom stereocenters. The van der Waals surface area contributed by atoms with Gasteiger partial charge in [0, 0.05) is 30.2 Å². The molecule has 1 saturated carbocycles. The molecule has 26 heavy (non-hydrogen) atoms. The summed E-state index contributed by atoms with van der Waals surface area (Å²) >= 11 is 0. The summed E-state index contributed by atoms with van der Waals surface area (Å²) in [7, 11) is 1.88. The molecule has 5 rings (SSSR count). The SMILES string of the molecule is Cc1nc(-c2ccc(-c3noc(C4CC4)n3)cc2)n(-c2ccnn2C)n1. The molecule has 4 aromatic rings. The van der Waals surface area contributed by atoms with E-state index in [2.05, 4.69) is 25.3 Å². The van der Waals surface area contributed by atoms with Gasteiger partial charge < -0.3 is 4.52 Å². The molecule has 1 aliphatic carbocycles. The molecule has 0 radical (unpaired) electrons. The molecule has 0 saturated heterocycles. The maximum atomic E-state index is 5.35. The Morgan fingerprint density at radius 2 is 1.81 bits per heavy atom. The Bertz CT molecular complexity index is 1070. The van der Waals surface area contributed by atoms with Crippen molar-refractivity contribution in [3.05, 3.63) is 48.2 Å². The lowest BCUT2D eigenvalue weighted by Crippen LogP contribution is -2.06. The predicted molar refractivity (Wildman–Crippen MR) is 93.6 cm³/mol. The zero-order valence-electron chi connectivity index (χ0n) is 14.5. The van der Waals surface area contributed by atoms with Gasteiger partial charge in [-0.05, 0) is 19.8 Å². The van der Waals surface area contributed by atoms with Gasteiger partial charge in [-0.1, -0.05) is 29.4 Å². The molecule has 0 bridgehead atoms. The van der Waals surface area contributed by atoms with Gasteiger partial charge >= 0.3 is 0 Å². The van der Waals surface area contributed by atoms with E-state index in [4.69, 9.17) is 4.52 Å². The molecule has 1 aliphatic rings. The summed E-state index contributed by atoms with van der Waals surface area (Å²) < 4.78 is 8.92. The second-order valence-electron chi connectivity index (χ2n) is 6.52. The van der Waals surface area contributed by atoms with Crippen LogP contribution in [-0.4, -0.2) is 34.7 Å². The fraction of sp³-hybridized carbons (Fsp3) is 0.278. The first kappa shape index (κ1) is 15.0. The normalized spacial score (nSPS) is 14.1. The van der Waals surface area contributed by atoms with Gasteiger partial charge in [0.15, 0.2) is 11.6 Å². The number of hydrogen-bond donors (Lipinski definition) is 0. The molecule has 3 aromatic heterocycles. The molecule has 0 aliphatic heterocycles. The van der Waals surface area contributed by atoms with Crippen molar-refractivity contribution in [3.63, 3.8) is 0 Å². The smallest absolute Gasteiger partial charge is 0.230 e. The highest BCUT2D eigenvalue weighted by Crippen LogP contribution is 2.39. The van der Waals surface area contributed by atoms with Crippen LogP contribution in [0.5, 0.6) is 0 Å². The quantitative estimate of drug-likeness (QED) is 0.564. The fourth-order valence-corrected chi connectivity index (χ4v) is 2.95. The van der Waals surface area contributed by atoms with E-state index in [9.17, 15) is 0 Å². The molecule has 8 nitrogen and oxygen atoms in total. The summed E-state index contributed by atoms with van der Waals surface area (Å²) in [6.45, 7) is 1.88. The molecule has 0 spiro atoms. The number of aryl methyl sites for hydroxylation is 2. The minimum Gasteiger partial charge on any atom is -0.339 e. The van der Waals surface area contributed by atoms with Crippen LogP contribution in [0.4, 0.5) is 0 Å². The van der Waals surface area contributed by atoms with E-state index in [1.807, 2.05) is 44.3 Å². The second-order valence-corrected chi connectivity index (χ2v) is 6.52. The van der Waals surface area contributed by atoms with Crippen LogP contribution in [0.1, 0.15) is 30.5 Å². The number of rotatable bonds is 4. The average Bonchev–Trinajstić information content (AvgIpc) is 3.04. The van der Waals surface area contributed by atoms with Gasteiger partial charge in [0.1, 0.15) is 5.82 Å². The van der Waals surface area contributed by atoms with E-state index in [0.717, 1.165) is 41.5 Å². The molecule has 3 heterocycles. The Labute approximate surface area is 149 Å². The highest BCUT2D eigenvalue weighted by atomic mass is 16.5. The van der Waals surface area contributed by atoms with Crippen LogP contribution in [0.15, 0.2) is 41.1 Å². The van der Waals surface area contributed by atoms with Gasteiger partial charge in [0.2, 0.25) is 11.7 Å². The average molecular weight is 347 g/mol. The van der Waals surface area contributed by atoms with Gasteiger partial charge in [0.25, 0.3) is 0 Å². The van der Waals surface area contributed by atoms with Crippen LogP contribution in [0.3, 0.4) is 0 Å². The van der Waals surface area contributed by atoms with E-state index in [1.165, 1.54) is 0 Å². The van der Waals surface area contributed by atoms with Gasteiger partial charge in [-0.25, -0.2) is 4.98 Å². The number of benzene rings is 1. The van der Waals surface area contributed by atoms with Crippen LogP contribution in [0.2, 0.25) is 0 Å². The summed E-state index contributed by atoms with van der Waals surface area (Å²) in [4.78, 5) is 9.07. The molecule has 1 aromatic carbocycles. The Kier molecular flexibility index (Phi) is 3.24. The number of aromatic nitrogens is 7. The van der Waals surface area contributed by atoms with Crippen molar-refractivity contribution in [2.24, 2.45) is 7.05 Å². The third-order valence-electron chi connectivity index (χ3n) is 4.49. The second kappa shape index (κ2) is 5.62. The van der Waals surface area contributed by atoms with Crippen molar-refractivity contribution >= 4 is 0 Å². The van der Waals surface area contributed by atoms with Crippen molar-refractivity contribution in [1.82, 2.24) is 34.7 Å². The standard InChI is InChI=1S/C18H17N7O/c1-11-20-17(25(22-11)15-9-10-19-24(15)2)13-5-3-12(4-6-13)16-21-18(26-23-16)14-7-8-14/h3-6,9-10,14H,7-8H2,1-2H3. The Hall–Kier alpha value is -3.29. The highest BCUT2D eigenvalue weighted by Gasteiger charge is 2.29. The molecule has 0 amide bonds. The third kappa shape index (κ3) is 2.50. The van der Waals surface area contributed by atoms with Gasteiger partial charge in [-0.2, -0.15) is 14.8 Å². The molecule has 0 N–H and O–H groups in total. The number of hydrogen-bond acceptors (Lipinski definition) is 6. The van der Waals surface area contributed by atoms with E-state index in [1.54, 1.807) is 15.6 Å². The van der Waals surface area contributed by atoms with Crippen LogP contribution < -0.4 is 0 Å². The summed E-state index contributed by atoms with van der Waals surface area (Å²) in [6.07, 6.45) is 4.03. The van der Waals surface area contributed by atoms with Gasteiger partial charge in [-0.15, -0.1) is 5.10 Å². The Morgan fingerprint density at radius 3 is 2.50 bits per heavy atom. The maximum Gasteiger partial charge on any atom is 0.230 e. The van der Waals surface area contributed by atoms with Crippen LogP contribution in [-0.2, 0) is 7.05 Å². The molecular formula is C18H17N7O. The predicted octanol–water partition coefficient (Wildman–Crippen LogP) is 2.90. The van der Waals surface area contributed by atoms with Crippen molar-refractivity contribution in [1.29, 1.82) is 0 Å². The first-order chi connectivity index (χ1) is 12.7. The van der Waals surface area contributed by atoms with Gasteiger partial charge in [-0.3, -0.25) is 4.68 Å². The fourth-order valence-electron chi connectivity index (χ4n) is 2.95. The van der Waals surface area contributed by atoms with Crippen LogP contribution in [0, 0.1) is 6.92 Å². The molecular weight excluding hydrogens is 330 g/mol. The van der Waals surface area contributed by atoms with Crippen molar-refractivity contribution in [3.8, 4) is 28.6 Å². The van der Waals surface area contributed by atoms with E-state index in [0.29, 0.717) is 17.6 Å². The number of nitrogens with zero attached hydrogens (tertiary/aromatic N) is 7. The highest BCUT2D eigenvalue weighted by molar-refractivity contribution is 5.64. The lowest BCUT2D eigenvalue weighted by atomic mass is 10.1. The molecule has 0 unspecified atom stereocenters. The summed E-state index contributed by atoms with van der Waals surface area (Å²) in [6, 6.07) is 9.87. The summed E-state index contributed by atoms with van der Waals surface area (Å²) in [5.74, 6) is 4.16. The zero-order chi connectivity index (χ0) is 17.7. The van der Waals surface area contributed by atoms with E-state index >= 15 is 0 Å². The van der Waals surface area contributed by atoms with Crippen LogP contribution >= 0.6 is 0 Å². The van der Waals surface area contributed by atoms with Gasteiger partial charge in [0.05, 0.1) is 6.20 Å². The Balaban J connectivity index is 1.50. The van der Waals surface area contributed by atoms with E-state index < -0.39 is 0 Å². The van der Waals surface area contributed by atoms with Crippen molar-refractivity contribution in [2.45, 2.75) is 25.7 Å². The first-order valence-electron chi connectivity index (χ1n) is 8.55. The van der Waals surface area contributed by atoms with E-state index in [-0.39, 0.29) is 0 Å². The summed E-state index contributed by atoms with van der Waals surface area (Å²) in [5.41, 5.74) is 1.88. The molecule has 8 heteroatoms.